The summed E-state index contributed by atoms with van der Waals surface area (Å²) in [5, 5.41) is 5.84. The average Bonchev–Trinajstić information content (AvgIpc) is 3.43. The minimum absolute atomic E-state index is 0.0591. The van der Waals surface area contributed by atoms with Gasteiger partial charge in [0, 0.05) is 35.6 Å². The van der Waals surface area contributed by atoms with Gasteiger partial charge >= 0.3 is 0 Å². The number of halogens is 1. The highest BCUT2D eigenvalue weighted by molar-refractivity contribution is 6.06. The Balaban J connectivity index is 1.33. The number of alkyl halides is 1. The molecule has 1 aliphatic heterocycles. The number of aliphatic imine (C=N–C) groups is 1. The lowest BCUT2D eigenvalue weighted by molar-refractivity contribution is -0.142. The van der Waals surface area contributed by atoms with Crippen LogP contribution in [0.2, 0.25) is 0 Å². The van der Waals surface area contributed by atoms with Crippen LogP contribution < -0.4 is 10.6 Å². The zero-order valence-corrected chi connectivity index (χ0v) is 22.8. The van der Waals surface area contributed by atoms with Crippen molar-refractivity contribution < 1.29 is 18.8 Å². The molecule has 0 fully saturated rings. The first kappa shape index (κ1) is 27.2. The number of hydrogen-bond acceptors (Lipinski definition) is 5. The van der Waals surface area contributed by atoms with Gasteiger partial charge in [0.2, 0.25) is 17.7 Å². The first-order valence-electron chi connectivity index (χ1n) is 13.2. The van der Waals surface area contributed by atoms with Crippen molar-refractivity contribution in [1.82, 2.24) is 9.88 Å². The van der Waals surface area contributed by atoms with E-state index in [1.54, 1.807) is 33.0 Å². The molecule has 40 heavy (non-hydrogen) atoms. The molecule has 3 amide bonds. The standard InChI is InChI=1S/C31H32FN5O3/c1-30(2,3)29(40)37(17-22-8-5-4-7-21(22)16-33-19-32)18-26(38)35-24-11-10-20-14-31(15-23(20)13-24)25-9-6-12-34-27(25)36-28(31)39/h4-13,16H,14-15,17-19H2,1-3H3,(H,35,38)(H,34,36,39). The fourth-order valence-corrected chi connectivity index (χ4v) is 5.54. The molecule has 206 valence electrons. The van der Waals surface area contributed by atoms with E-state index in [0.29, 0.717) is 29.9 Å². The third kappa shape index (κ3) is 5.23. The average molecular weight is 542 g/mol. The van der Waals surface area contributed by atoms with Crippen molar-refractivity contribution >= 4 is 35.4 Å². The Morgan fingerprint density at radius 3 is 2.67 bits per heavy atom. The van der Waals surface area contributed by atoms with Crippen LogP contribution in [0.1, 0.15) is 48.6 Å². The van der Waals surface area contributed by atoms with Gasteiger partial charge < -0.3 is 15.5 Å². The Kier molecular flexibility index (Phi) is 7.23. The lowest BCUT2D eigenvalue weighted by Gasteiger charge is -2.29. The monoisotopic (exact) mass is 541 g/mol. The summed E-state index contributed by atoms with van der Waals surface area (Å²) in [5.41, 5.74) is 3.60. The largest absolute Gasteiger partial charge is 0.329 e. The highest BCUT2D eigenvalue weighted by atomic mass is 19.1. The van der Waals surface area contributed by atoms with Crippen molar-refractivity contribution in [2.75, 3.05) is 24.0 Å². The number of pyridine rings is 1. The minimum atomic E-state index is -0.836. The summed E-state index contributed by atoms with van der Waals surface area (Å²) in [7, 11) is 0. The van der Waals surface area contributed by atoms with E-state index in [1.165, 1.54) is 11.1 Å². The van der Waals surface area contributed by atoms with Crippen LogP contribution >= 0.6 is 0 Å². The smallest absolute Gasteiger partial charge is 0.244 e. The molecule has 0 radical (unpaired) electrons. The van der Waals surface area contributed by atoms with Gasteiger partial charge in [-0.1, -0.05) is 57.2 Å². The van der Waals surface area contributed by atoms with Crippen molar-refractivity contribution in [3.63, 3.8) is 0 Å². The normalized spacial score (nSPS) is 17.6. The Morgan fingerprint density at radius 1 is 1.12 bits per heavy atom. The lowest BCUT2D eigenvalue weighted by atomic mass is 9.79. The SMILES string of the molecule is CC(C)(C)C(=O)N(CC(=O)Nc1ccc2c(c1)CC1(C2)C(=O)Nc2ncccc21)Cc1ccccc1C=NCF. The molecule has 1 atom stereocenters. The van der Waals surface area contributed by atoms with Crippen molar-refractivity contribution in [1.29, 1.82) is 0 Å². The second-order valence-corrected chi connectivity index (χ2v) is 11.4. The molecule has 5 rings (SSSR count). The van der Waals surface area contributed by atoms with E-state index < -0.39 is 17.6 Å². The number of aromatic nitrogens is 1. The number of carbonyl (C=O) groups excluding carboxylic acids is 3. The molecule has 3 aromatic rings. The molecule has 1 aromatic heterocycles. The second-order valence-electron chi connectivity index (χ2n) is 11.4. The predicted octanol–water partition coefficient (Wildman–Crippen LogP) is 4.43. The van der Waals surface area contributed by atoms with Crippen molar-refractivity contribution in [3.05, 3.63) is 88.6 Å². The van der Waals surface area contributed by atoms with Crippen LogP contribution in [-0.4, -0.2) is 47.2 Å². The zero-order valence-electron chi connectivity index (χ0n) is 22.8. The maximum atomic E-state index is 13.3. The summed E-state index contributed by atoms with van der Waals surface area (Å²) in [6, 6.07) is 16.7. The Morgan fingerprint density at radius 2 is 1.90 bits per heavy atom. The molecule has 1 spiro atoms. The van der Waals surface area contributed by atoms with Crippen LogP contribution in [0.15, 0.2) is 65.8 Å². The number of fused-ring (bicyclic) bond motifs is 3. The van der Waals surface area contributed by atoms with Crippen molar-refractivity contribution in [2.45, 2.75) is 45.6 Å². The topological polar surface area (TPSA) is 104 Å². The highest BCUT2D eigenvalue weighted by Gasteiger charge is 2.51. The van der Waals surface area contributed by atoms with Crippen LogP contribution in [0, 0.1) is 5.41 Å². The third-order valence-electron chi connectivity index (χ3n) is 7.44. The van der Waals surface area contributed by atoms with Gasteiger partial charge in [0.1, 0.15) is 12.4 Å². The van der Waals surface area contributed by atoms with Crippen LogP contribution in [0.4, 0.5) is 15.9 Å². The molecular formula is C31H32FN5O3. The van der Waals surface area contributed by atoms with Gasteiger partial charge in [-0.2, -0.15) is 0 Å². The van der Waals surface area contributed by atoms with Crippen molar-refractivity contribution in [3.8, 4) is 0 Å². The quantitative estimate of drug-likeness (QED) is 0.341. The number of amides is 3. The third-order valence-corrected chi connectivity index (χ3v) is 7.44. The van der Waals surface area contributed by atoms with Crippen LogP contribution in [0.5, 0.6) is 0 Å². The molecule has 1 unspecified atom stereocenters. The number of nitrogens with one attached hydrogen (secondary N) is 2. The van der Waals surface area contributed by atoms with Gasteiger partial charge in [0.15, 0.2) is 6.80 Å². The van der Waals surface area contributed by atoms with E-state index in [9.17, 15) is 18.8 Å². The zero-order chi connectivity index (χ0) is 28.5. The Bertz CT molecular complexity index is 1510. The molecule has 2 heterocycles. The fourth-order valence-electron chi connectivity index (χ4n) is 5.54. The first-order valence-corrected chi connectivity index (χ1v) is 13.2. The van der Waals surface area contributed by atoms with Gasteiger partial charge in [-0.25, -0.2) is 9.37 Å². The molecular weight excluding hydrogens is 509 g/mol. The molecule has 0 bridgehead atoms. The number of rotatable bonds is 7. The number of benzene rings is 2. The summed E-state index contributed by atoms with van der Waals surface area (Å²) in [6.07, 6.45) is 4.19. The maximum Gasteiger partial charge on any atom is 0.244 e. The van der Waals surface area contributed by atoms with E-state index >= 15 is 0 Å². The van der Waals surface area contributed by atoms with E-state index in [0.717, 1.165) is 22.3 Å². The highest BCUT2D eigenvalue weighted by Crippen LogP contribution is 2.46. The predicted molar refractivity (Wildman–Crippen MR) is 152 cm³/mol. The molecule has 1 aliphatic carbocycles. The molecule has 0 saturated carbocycles. The Labute approximate surface area is 232 Å². The number of carbonyl (C=O) groups is 3. The first-order chi connectivity index (χ1) is 19.1. The summed E-state index contributed by atoms with van der Waals surface area (Å²) < 4.78 is 12.7. The molecule has 9 heteroatoms. The van der Waals surface area contributed by atoms with Gasteiger partial charge in [0.05, 0.1) is 5.41 Å². The van der Waals surface area contributed by atoms with Crippen LogP contribution in [0.25, 0.3) is 0 Å². The summed E-state index contributed by atoms with van der Waals surface area (Å²) in [4.78, 5) is 49.0. The second kappa shape index (κ2) is 10.6. The van der Waals surface area contributed by atoms with Crippen LogP contribution in [-0.2, 0) is 39.2 Å². The fraction of sp³-hybridized carbons (Fsp3) is 0.323. The molecule has 2 N–H and O–H groups in total. The van der Waals surface area contributed by atoms with Gasteiger partial charge in [-0.3, -0.25) is 19.4 Å². The van der Waals surface area contributed by atoms with Crippen molar-refractivity contribution in [2.24, 2.45) is 10.4 Å². The van der Waals surface area contributed by atoms with Gasteiger partial charge in [-0.05, 0) is 53.3 Å². The van der Waals surface area contributed by atoms with E-state index in [4.69, 9.17) is 0 Å². The Hall–Kier alpha value is -4.40. The minimum Gasteiger partial charge on any atom is -0.329 e. The van der Waals surface area contributed by atoms with E-state index in [-0.39, 0.29) is 30.8 Å². The maximum absolute atomic E-state index is 13.3. The molecule has 2 aliphatic rings. The summed E-state index contributed by atoms with van der Waals surface area (Å²) in [6.45, 7) is 4.59. The van der Waals surface area contributed by atoms with Gasteiger partial charge in [-0.15, -0.1) is 0 Å². The molecule has 8 nitrogen and oxygen atoms in total. The number of hydrogen-bond donors (Lipinski definition) is 2. The van der Waals surface area contributed by atoms with E-state index in [1.807, 2.05) is 48.5 Å². The summed E-state index contributed by atoms with van der Waals surface area (Å²) >= 11 is 0. The summed E-state index contributed by atoms with van der Waals surface area (Å²) in [5.74, 6) is 0.0229. The number of nitrogens with zero attached hydrogens (tertiary/aromatic N) is 3. The van der Waals surface area contributed by atoms with E-state index in [2.05, 4.69) is 20.6 Å². The lowest BCUT2D eigenvalue weighted by Crippen LogP contribution is -2.43. The van der Waals surface area contributed by atoms with Gasteiger partial charge in [0.25, 0.3) is 0 Å². The molecule has 0 saturated heterocycles. The molecule has 2 aromatic carbocycles. The number of anilines is 2. The van der Waals surface area contributed by atoms with Crippen LogP contribution in [0.3, 0.4) is 0 Å².